The Morgan fingerprint density at radius 2 is 1.23 bits per heavy atom. The summed E-state index contributed by atoms with van der Waals surface area (Å²) in [5, 5.41) is 47.2. The van der Waals surface area contributed by atoms with E-state index in [4.69, 9.17) is 16.3 Å². The molecule has 16 heteroatoms. The number of benzene rings is 4. The van der Waals surface area contributed by atoms with Crippen molar-refractivity contribution in [1.29, 1.82) is 10.5 Å². The van der Waals surface area contributed by atoms with Gasteiger partial charge in [0.2, 0.25) is 5.91 Å². The van der Waals surface area contributed by atoms with Crippen LogP contribution in [0.1, 0.15) is 98.0 Å². The third-order valence-electron chi connectivity index (χ3n) is 12.0. The number of aliphatic hydroxyl groups is 2. The van der Waals surface area contributed by atoms with E-state index in [-0.39, 0.29) is 60.2 Å². The number of urea groups is 2. The number of rotatable bonds is 13. The molecule has 0 radical (unpaired) electrons. The Morgan fingerprint density at radius 1 is 0.750 bits per heavy atom. The lowest BCUT2D eigenvalue weighted by atomic mass is 9.89. The molecule has 4 aromatic carbocycles. The van der Waals surface area contributed by atoms with E-state index in [1.807, 2.05) is 24.3 Å². The first-order valence-corrected chi connectivity index (χ1v) is 21.3. The summed E-state index contributed by atoms with van der Waals surface area (Å²) in [5.74, 6) is -1.24. The van der Waals surface area contributed by atoms with E-state index in [1.54, 1.807) is 72.2 Å². The molecule has 2 heterocycles. The summed E-state index contributed by atoms with van der Waals surface area (Å²) < 4.78 is 0. The first-order valence-electron chi connectivity index (χ1n) is 21.3. The number of hydrogen-bond donors (Lipinski definition) is 6. The van der Waals surface area contributed by atoms with Crippen molar-refractivity contribution < 1.29 is 34.2 Å². The lowest BCUT2D eigenvalue weighted by molar-refractivity contribution is -0.122. The highest BCUT2D eigenvalue weighted by molar-refractivity contribution is 6.01. The van der Waals surface area contributed by atoms with Crippen LogP contribution < -0.4 is 26.6 Å². The minimum atomic E-state index is -2.08. The maximum absolute atomic E-state index is 13.9. The minimum absolute atomic E-state index is 0.00301. The number of piperidine rings is 2. The molecule has 0 aliphatic carbocycles. The maximum atomic E-state index is 13.9. The third-order valence-corrected chi connectivity index (χ3v) is 12.0. The second kappa shape index (κ2) is 21.2. The fraction of sp³-hybridized carbons (Fsp3) is 0.354. The Bertz CT molecular complexity index is 2430. The molecule has 4 aromatic rings. The van der Waals surface area contributed by atoms with Gasteiger partial charge in [0.1, 0.15) is 0 Å². The van der Waals surface area contributed by atoms with Gasteiger partial charge in [-0.05, 0) is 129 Å². The van der Waals surface area contributed by atoms with Crippen molar-refractivity contribution >= 4 is 41.2 Å². The molecule has 2 aliphatic heterocycles. The van der Waals surface area contributed by atoms with Gasteiger partial charge in [0.15, 0.2) is 12.3 Å². The standard InChI is InChI=1S/C48H53N9O7/c1-30-4-10-38(44(60)55-21-16-36(17-22-55)34-12-6-32(28-49)7-13-34)26-40(30)53-47(63)54-42(43(51)59)46(62)57(48(64)52-20-3-25-58)41-27-39(11-5-31(41)2)45(61)56-23-18-37(19-24-56)35-14-8-33(29-50)9-15-35/h4-15,26-27,36-37,42,46,58,62H,3,16-25H2,1-2H3,(H2,51,59)(H,52,64)(H2,53,54,63)/t42-,46?/m1/s1. The Hall–Kier alpha value is -7.27. The van der Waals surface area contributed by atoms with Crippen LogP contribution >= 0.6 is 0 Å². The highest BCUT2D eigenvalue weighted by Crippen LogP contribution is 2.32. The molecule has 0 spiro atoms. The third kappa shape index (κ3) is 11.0. The van der Waals surface area contributed by atoms with Gasteiger partial charge in [-0.15, -0.1) is 0 Å². The molecule has 2 atom stereocenters. The van der Waals surface area contributed by atoms with Crippen LogP contribution in [-0.2, 0) is 4.79 Å². The Labute approximate surface area is 372 Å². The van der Waals surface area contributed by atoms with Gasteiger partial charge in [0.05, 0.1) is 29.0 Å². The summed E-state index contributed by atoms with van der Waals surface area (Å²) in [6.45, 7) is 5.09. The number of carbonyl (C=O) groups is 5. The molecule has 2 aliphatic rings. The van der Waals surface area contributed by atoms with Crippen molar-refractivity contribution in [2.45, 2.75) is 70.1 Å². The average molecular weight is 868 g/mol. The van der Waals surface area contributed by atoms with Crippen LogP contribution in [0.4, 0.5) is 21.0 Å². The summed E-state index contributed by atoms with van der Waals surface area (Å²) >= 11 is 0. The first-order chi connectivity index (χ1) is 30.8. The molecule has 6 rings (SSSR count). The highest BCUT2D eigenvalue weighted by Gasteiger charge is 2.37. The van der Waals surface area contributed by atoms with Crippen LogP contribution in [0, 0.1) is 36.5 Å². The van der Waals surface area contributed by atoms with E-state index in [0.29, 0.717) is 66.8 Å². The first kappa shape index (κ1) is 46.2. The van der Waals surface area contributed by atoms with E-state index < -0.39 is 30.2 Å². The molecule has 2 fully saturated rings. The number of likely N-dealkylation sites (tertiary alicyclic amines) is 2. The van der Waals surface area contributed by atoms with Crippen LogP contribution in [0.5, 0.6) is 0 Å². The summed E-state index contributed by atoms with van der Waals surface area (Å²) in [5.41, 5.74) is 11.1. The molecule has 332 valence electrons. The molecule has 7 amide bonds. The van der Waals surface area contributed by atoms with Crippen LogP contribution in [0.15, 0.2) is 84.9 Å². The van der Waals surface area contributed by atoms with Gasteiger partial charge in [-0.1, -0.05) is 36.4 Å². The van der Waals surface area contributed by atoms with E-state index in [0.717, 1.165) is 28.9 Å². The molecular weight excluding hydrogens is 815 g/mol. The van der Waals surface area contributed by atoms with Crippen molar-refractivity contribution in [2.24, 2.45) is 5.73 Å². The fourth-order valence-electron chi connectivity index (χ4n) is 8.22. The number of nitrogens with zero attached hydrogens (tertiary/aromatic N) is 5. The van der Waals surface area contributed by atoms with Crippen LogP contribution in [-0.4, -0.2) is 101 Å². The summed E-state index contributed by atoms with van der Waals surface area (Å²) in [6, 6.07) is 25.0. The normalized spacial score (nSPS) is 15.2. The van der Waals surface area contributed by atoms with Crippen molar-refractivity contribution in [2.75, 3.05) is 49.5 Å². The minimum Gasteiger partial charge on any atom is -0.396 e. The molecule has 64 heavy (non-hydrogen) atoms. The second-order valence-electron chi connectivity index (χ2n) is 16.2. The van der Waals surface area contributed by atoms with Gasteiger partial charge in [-0.3, -0.25) is 19.3 Å². The number of hydrogen-bond acceptors (Lipinski definition) is 9. The number of nitriles is 2. The highest BCUT2D eigenvalue weighted by atomic mass is 16.3. The number of carbonyl (C=O) groups excluding carboxylic acids is 5. The van der Waals surface area contributed by atoms with E-state index >= 15 is 0 Å². The molecule has 0 bridgehead atoms. The summed E-state index contributed by atoms with van der Waals surface area (Å²) in [7, 11) is 0. The smallest absolute Gasteiger partial charge is 0.324 e. The number of primary amides is 1. The van der Waals surface area contributed by atoms with Gasteiger partial charge in [-0.2, -0.15) is 10.5 Å². The number of nitrogens with two attached hydrogens (primary N) is 1. The average Bonchev–Trinajstić information content (AvgIpc) is 3.31. The zero-order valence-electron chi connectivity index (χ0n) is 35.9. The van der Waals surface area contributed by atoms with Gasteiger partial charge in [0.25, 0.3) is 11.8 Å². The monoisotopic (exact) mass is 867 g/mol. The number of amides is 7. The van der Waals surface area contributed by atoms with Crippen molar-refractivity contribution in [3.8, 4) is 12.1 Å². The zero-order chi connectivity index (χ0) is 45.9. The fourth-order valence-corrected chi connectivity index (χ4v) is 8.22. The summed E-state index contributed by atoms with van der Waals surface area (Å²) in [6.07, 6.45) is 0.984. The van der Waals surface area contributed by atoms with Crippen LogP contribution in [0.25, 0.3) is 0 Å². The van der Waals surface area contributed by atoms with Gasteiger partial charge >= 0.3 is 12.1 Å². The molecule has 0 saturated carbocycles. The zero-order valence-corrected chi connectivity index (χ0v) is 35.9. The Kier molecular flexibility index (Phi) is 15.3. The van der Waals surface area contributed by atoms with Crippen molar-refractivity contribution in [3.63, 3.8) is 0 Å². The number of anilines is 2. The lowest BCUT2D eigenvalue weighted by Crippen LogP contribution is -2.61. The molecule has 1 unspecified atom stereocenters. The molecular formula is C48H53N9O7. The van der Waals surface area contributed by atoms with E-state index in [9.17, 15) is 34.2 Å². The number of nitrogens with one attached hydrogen (secondary N) is 3. The lowest BCUT2D eigenvalue weighted by Gasteiger charge is -2.34. The quantitative estimate of drug-likeness (QED) is 0.0783. The molecule has 0 aromatic heterocycles. The van der Waals surface area contributed by atoms with Gasteiger partial charge in [-0.25, -0.2) is 9.59 Å². The SMILES string of the molecule is Cc1ccc(C(=O)N2CCC(c3ccc(C#N)cc3)CC2)cc1NC(=O)N[C@H](C(N)=O)C(O)N(C(=O)NCCCO)c1cc(C(=O)N2CCC(c3ccc(C#N)cc3)CC2)ccc1C. The largest absolute Gasteiger partial charge is 0.396 e. The topological polar surface area (TPSA) is 245 Å². The van der Waals surface area contributed by atoms with E-state index in [2.05, 4.69) is 28.1 Å². The maximum Gasteiger partial charge on any atom is 0.324 e. The predicted molar refractivity (Wildman–Crippen MR) is 239 cm³/mol. The predicted octanol–water partition coefficient (Wildman–Crippen LogP) is 4.98. The van der Waals surface area contributed by atoms with E-state index in [1.165, 1.54) is 12.1 Å². The Balaban J connectivity index is 1.15. The molecule has 16 nitrogen and oxygen atoms in total. The van der Waals surface area contributed by atoms with Gasteiger partial charge < -0.3 is 41.7 Å². The van der Waals surface area contributed by atoms with Crippen LogP contribution in [0.2, 0.25) is 0 Å². The molecule has 2 saturated heterocycles. The summed E-state index contributed by atoms with van der Waals surface area (Å²) in [4.78, 5) is 72.3. The van der Waals surface area contributed by atoms with Crippen LogP contribution in [0.3, 0.4) is 0 Å². The van der Waals surface area contributed by atoms with Crippen molar-refractivity contribution in [1.82, 2.24) is 20.4 Å². The van der Waals surface area contributed by atoms with Gasteiger partial charge in [0, 0.05) is 56.1 Å². The number of aliphatic hydroxyl groups excluding tert-OH is 2. The van der Waals surface area contributed by atoms with Crippen molar-refractivity contribution in [3.05, 3.63) is 129 Å². The number of aryl methyl sites for hydroxylation is 2. The second-order valence-corrected chi connectivity index (χ2v) is 16.2. The Morgan fingerprint density at radius 3 is 1.70 bits per heavy atom. The molecule has 7 N–H and O–H groups in total.